The highest BCUT2D eigenvalue weighted by molar-refractivity contribution is 6.08. The molecule has 0 bridgehead atoms. The number of methoxy groups -OCH3 is 1. The molecule has 202 valence electrons. The van der Waals surface area contributed by atoms with Gasteiger partial charge < -0.3 is 30.2 Å². The second-order valence-corrected chi connectivity index (χ2v) is 10.2. The van der Waals surface area contributed by atoms with Crippen molar-refractivity contribution in [3.63, 3.8) is 0 Å². The maximum atomic E-state index is 11.4. The van der Waals surface area contributed by atoms with Gasteiger partial charge >= 0.3 is 0 Å². The summed E-state index contributed by atoms with van der Waals surface area (Å²) in [5.41, 5.74) is 14.2. The summed E-state index contributed by atoms with van der Waals surface area (Å²) in [7, 11) is 7.75. The molecule has 5 rings (SSSR count). The Labute approximate surface area is 228 Å². The molecule has 1 aliphatic heterocycles. The number of carbonyl (C=O) groups is 1. The Bertz CT molecular complexity index is 1560. The predicted molar refractivity (Wildman–Crippen MR) is 159 cm³/mol. The first-order chi connectivity index (χ1) is 18.8. The third-order valence-corrected chi connectivity index (χ3v) is 7.28. The minimum atomic E-state index is 0.443. The van der Waals surface area contributed by atoms with Crippen molar-refractivity contribution < 1.29 is 9.53 Å². The van der Waals surface area contributed by atoms with Crippen molar-refractivity contribution in [1.82, 2.24) is 19.4 Å². The van der Waals surface area contributed by atoms with Crippen molar-refractivity contribution in [2.75, 3.05) is 57.3 Å². The van der Waals surface area contributed by atoms with Gasteiger partial charge in [0.1, 0.15) is 12.0 Å². The SMILES string of the molecule is C=C(C=O)c1ccc2c(c1)c(-c1ccnc(Nc3cc(N)c(N(C)CCN(C)C)cc3OC)n1)c1n2CCC1. The topological polar surface area (TPSA) is 102 Å². The molecule has 0 radical (unpaired) electrons. The van der Waals surface area contributed by atoms with Crippen molar-refractivity contribution in [3.05, 3.63) is 60.4 Å². The monoisotopic (exact) mass is 525 g/mol. The zero-order valence-corrected chi connectivity index (χ0v) is 23.0. The second-order valence-electron chi connectivity index (χ2n) is 10.2. The average Bonchev–Trinajstić information content (AvgIpc) is 3.52. The van der Waals surface area contributed by atoms with Gasteiger partial charge in [0, 0.05) is 66.7 Å². The Hall–Kier alpha value is -4.37. The number of anilines is 4. The van der Waals surface area contributed by atoms with Gasteiger partial charge in [-0.15, -0.1) is 0 Å². The normalized spacial score (nSPS) is 12.5. The van der Waals surface area contributed by atoms with Crippen LogP contribution in [-0.4, -0.2) is 67.1 Å². The zero-order chi connectivity index (χ0) is 27.7. The van der Waals surface area contributed by atoms with Crippen LogP contribution in [0, 0.1) is 0 Å². The summed E-state index contributed by atoms with van der Waals surface area (Å²) >= 11 is 0. The number of allylic oxidation sites excluding steroid dienone is 1. The van der Waals surface area contributed by atoms with E-state index >= 15 is 0 Å². The molecule has 3 heterocycles. The Kier molecular flexibility index (Phi) is 7.26. The van der Waals surface area contributed by atoms with Crippen LogP contribution < -0.4 is 20.7 Å². The Morgan fingerprint density at radius 2 is 2.03 bits per heavy atom. The van der Waals surface area contributed by atoms with E-state index in [1.807, 2.05) is 51.5 Å². The highest BCUT2D eigenvalue weighted by Gasteiger charge is 2.24. The highest BCUT2D eigenvalue weighted by atomic mass is 16.5. The maximum Gasteiger partial charge on any atom is 0.227 e. The lowest BCUT2D eigenvalue weighted by Crippen LogP contribution is -2.29. The number of aryl methyl sites for hydroxylation is 1. The number of hydrogen-bond acceptors (Lipinski definition) is 8. The summed E-state index contributed by atoms with van der Waals surface area (Å²) in [5.74, 6) is 1.09. The van der Waals surface area contributed by atoms with Gasteiger partial charge in [-0.3, -0.25) is 4.79 Å². The fourth-order valence-corrected chi connectivity index (χ4v) is 5.21. The summed E-state index contributed by atoms with van der Waals surface area (Å²) < 4.78 is 8.05. The minimum absolute atomic E-state index is 0.443. The van der Waals surface area contributed by atoms with Crippen LogP contribution in [0.3, 0.4) is 0 Å². The van der Waals surface area contributed by atoms with Gasteiger partial charge in [0.2, 0.25) is 5.95 Å². The second kappa shape index (κ2) is 10.8. The molecule has 0 saturated heterocycles. The molecule has 0 saturated carbocycles. The van der Waals surface area contributed by atoms with Gasteiger partial charge in [-0.25, -0.2) is 9.97 Å². The summed E-state index contributed by atoms with van der Waals surface area (Å²) in [6.45, 7) is 6.59. The molecule has 2 aromatic heterocycles. The number of nitrogen functional groups attached to an aromatic ring is 1. The van der Waals surface area contributed by atoms with Crippen LogP contribution in [0.5, 0.6) is 5.75 Å². The van der Waals surface area contributed by atoms with Crippen LogP contribution in [0.4, 0.5) is 23.0 Å². The van der Waals surface area contributed by atoms with Crippen LogP contribution in [-0.2, 0) is 17.8 Å². The molecule has 0 fully saturated rings. The lowest BCUT2D eigenvalue weighted by atomic mass is 10.0. The third-order valence-electron chi connectivity index (χ3n) is 7.28. The number of rotatable bonds is 10. The first kappa shape index (κ1) is 26.2. The molecule has 1 aliphatic rings. The van der Waals surface area contributed by atoms with Gasteiger partial charge in [-0.2, -0.15) is 0 Å². The number of benzene rings is 2. The highest BCUT2D eigenvalue weighted by Crippen LogP contribution is 2.40. The molecule has 39 heavy (non-hydrogen) atoms. The Morgan fingerprint density at radius 1 is 1.21 bits per heavy atom. The lowest BCUT2D eigenvalue weighted by Gasteiger charge is -2.24. The third kappa shape index (κ3) is 5.05. The van der Waals surface area contributed by atoms with Gasteiger partial charge in [0.15, 0.2) is 0 Å². The fourth-order valence-electron chi connectivity index (χ4n) is 5.21. The molecule has 0 unspecified atom stereocenters. The van der Waals surface area contributed by atoms with E-state index in [0.29, 0.717) is 28.6 Å². The van der Waals surface area contributed by atoms with Crippen molar-refractivity contribution in [2.24, 2.45) is 0 Å². The van der Waals surface area contributed by atoms with Crippen LogP contribution in [0.15, 0.2) is 49.2 Å². The van der Waals surface area contributed by atoms with E-state index in [9.17, 15) is 4.79 Å². The van der Waals surface area contributed by atoms with E-state index < -0.39 is 0 Å². The molecule has 0 atom stereocenters. The molecular weight excluding hydrogens is 490 g/mol. The number of aromatic nitrogens is 3. The average molecular weight is 526 g/mol. The summed E-state index contributed by atoms with van der Waals surface area (Å²) in [6.07, 6.45) is 4.60. The molecule has 9 heteroatoms. The summed E-state index contributed by atoms with van der Waals surface area (Å²) in [5, 5.41) is 4.37. The van der Waals surface area contributed by atoms with Crippen molar-refractivity contribution in [3.8, 4) is 17.0 Å². The van der Waals surface area contributed by atoms with Crippen LogP contribution in [0.1, 0.15) is 17.7 Å². The number of ether oxygens (including phenoxy) is 1. The molecule has 2 aromatic carbocycles. The van der Waals surface area contributed by atoms with Crippen molar-refractivity contribution in [1.29, 1.82) is 0 Å². The predicted octanol–water partition coefficient (Wildman–Crippen LogP) is 4.59. The molecule has 0 amide bonds. The number of nitrogens with one attached hydrogen (secondary N) is 1. The van der Waals surface area contributed by atoms with Crippen LogP contribution in [0.25, 0.3) is 27.7 Å². The summed E-state index contributed by atoms with van der Waals surface area (Å²) in [4.78, 5) is 25.0. The quantitative estimate of drug-likeness (QED) is 0.176. The molecule has 0 aliphatic carbocycles. The number of aldehydes is 1. The number of nitrogens with zero attached hydrogens (tertiary/aromatic N) is 5. The molecule has 3 N–H and O–H groups in total. The van der Waals surface area contributed by atoms with Crippen molar-refractivity contribution in [2.45, 2.75) is 19.4 Å². The summed E-state index contributed by atoms with van der Waals surface area (Å²) in [6, 6.07) is 11.8. The van der Waals surface area contributed by atoms with E-state index in [1.165, 1.54) is 5.69 Å². The number of nitrogens with two attached hydrogens (primary N) is 1. The van der Waals surface area contributed by atoms with Crippen LogP contribution in [0.2, 0.25) is 0 Å². The number of fused-ring (bicyclic) bond motifs is 3. The smallest absolute Gasteiger partial charge is 0.227 e. The molecule has 4 aromatic rings. The van der Waals surface area contributed by atoms with E-state index in [1.54, 1.807) is 13.3 Å². The van der Waals surface area contributed by atoms with E-state index in [2.05, 4.69) is 37.3 Å². The number of hydrogen-bond donors (Lipinski definition) is 2. The van der Waals surface area contributed by atoms with Gasteiger partial charge in [-0.1, -0.05) is 12.6 Å². The number of carbonyl (C=O) groups excluding carboxylic acids is 1. The zero-order valence-electron chi connectivity index (χ0n) is 23.0. The number of likely N-dealkylation sites (N-methyl/N-ethyl adjacent to an activating group) is 2. The molecule has 0 spiro atoms. The van der Waals surface area contributed by atoms with E-state index in [0.717, 1.165) is 72.2 Å². The van der Waals surface area contributed by atoms with Gasteiger partial charge in [0.05, 0.1) is 29.9 Å². The Balaban J connectivity index is 1.51. The fraction of sp³-hybridized carbons (Fsp3) is 0.300. The van der Waals surface area contributed by atoms with Gasteiger partial charge in [0.25, 0.3) is 0 Å². The van der Waals surface area contributed by atoms with Crippen LogP contribution >= 0.6 is 0 Å². The largest absolute Gasteiger partial charge is 0.494 e. The Morgan fingerprint density at radius 3 is 2.77 bits per heavy atom. The van der Waals surface area contributed by atoms with Gasteiger partial charge in [-0.05, 0) is 56.8 Å². The standard InChI is InChI=1S/C30H35N7O2/c1-19(18-38)20-8-9-25-21(15-20)29(26-7-6-12-37(25)26)23-10-11-32-30(33-23)34-24-16-22(31)27(17-28(24)39-5)36(4)14-13-35(2)3/h8-11,15-18H,1,6-7,12-14,31H2,2-5H3,(H,32,33,34). The lowest BCUT2D eigenvalue weighted by molar-refractivity contribution is -0.103. The molecule has 9 nitrogen and oxygen atoms in total. The maximum absolute atomic E-state index is 11.4. The van der Waals surface area contributed by atoms with Crippen molar-refractivity contribution >= 4 is 45.8 Å². The van der Waals surface area contributed by atoms with E-state index in [-0.39, 0.29) is 0 Å². The van der Waals surface area contributed by atoms with E-state index in [4.69, 9.17) is 15.5 Å². The first-order valence-corrected chi connectivity index (χ1v) is 13.0. The first-order valence-electron chi connectivity index (χ1n) is 13.0. The minimum Gasteiger partial charge on any atom is -0.494 e. The molecular formula is C30H35N7O2.